The van der Waals surface area contributed by atoms with Gasteiger partial charge < -0.3 is 15.4 Å². The third kappa shape index (κ3) is 3.05. The normalized spacial score (nSPS) is 10.2. The number of benzene rings is 1. The molecule has 0 spiro atoms. The molecule has 1 aromatic carbocycles. The van der Waals surface area contributed by atoms with Crippen molar-refractivity contribution >= 4 is 11.8 Å². The monoisotopic (exact) mass is 264 g/mol. The van der Waals surface area contributed by atoms with Crippen molar-refractivity contribution in [1.82, 2.24) is 4.90 Å². The second-order valence-electron chi connectivity index (χ2n) is 4.67. The molecule has 0 aliphatic heterocycles. The van der Waals surface area contributed by atoms with Crippen LogP contribution in [0.15, 0.2) is 6.07 Å². The Kier molecular flexibility index (Phi) is 4.53. The van der Waals surface area contributed by atoms with Crippen LogP contribution in [-0.4, -0.2) is 30.9 Å². The summed E-state index contributed by atoms with van der Waals surface area (Å²) >= 11 is 0. The molecule has 0 aliphatic rings. The van der Waals surface area contributed by atoms with Crippen LogP contribution >= 0.6 is 0 Å². The standard InChI is InChI=1S/C14H20N2O3/c1-8-6-9(2)11(12(19-5)10(8)3)7-16(4)14(18)13(15)17/h6H,7H2,1-5H3,(H2,15,17). The highest BCUT2D eigenvalue weighted by Crippen LogP contribution is 2.30. The molecule has 0 bridgehead atoms. The van der Waals surface area contributed by atoms with E-state index in [2.05, 4.69) is 0 Å². The molecule has 2 N–H and O–H groups in total. The zero-order valence-corrected chi connectivity index (χ0v) is 12.0. The molecule has 0 radical (unpaired) electrons. The van der Waals surface area contributed by atoms with Crippen LogP contribution in [0.1, 0.15) is 22.3 Å². The second kappa shape index (κ2) is 5.73. The maximum Gasteiger partial charge on any atom is 0.311 e. The Hall–Kier alpha value is -2.04. The van der Waals surface area contributed by atoms with Gasteiger partial charge in [0.1, 0.15) is 5.75 Å². The van der Waals surface area contributed by atoms with Crippen molar-refractivity contribution in [3.63, 3.8) is 0 Å². The predicted octanol–water partition coefficient (Wildman–Crippen LogP) is 1.06. The largest absolute Gasteiger partial charge is 0.496 e. The van der Waals surface area contributed by atoms with Crippen molar-refractivity contribution in [3.05, 3.63) is 28.3 Å². The highest BCUT2D eigenvalue weighted by atomic mass is 16.5. The van der Waals surface area contributed by atoms with Crippen molar-refractivity contribution in [1.29, 1.82) is 0 Å². The van der Waals surface area contributed by atoms with Gasteiger partial charge in [0, 0.05) is 19.2 Å². The van der Waals surface area contributed by atoms with Crippen molar-refractivity contribution in [3.8, 4) is 5.75 Å². The summed E-state index contributed by atoms with van der Waals surface area (Å²) in [6.07, 6.45) is 0. The summed E-state index contributed by atoms with van der Waals surface area (Å²) in [5.41, 5.74) is 9.06. The minimum absolute atomic E-state index is 0.290. The summed E-state index contributed by atoms with van der Waals surface area (Å²) < 4.78 is 5.42. The molecule has 5 heteroatoms. The van der Waals surface area contributed by atoms with E-state index < -0.39 is 11.8 Å². The third-order valence-electron chi connectivity index (χ3n) is 3.27. The van der Waals surface area contributed by atoms with E-state index in [4.69, 9.17) is 10.5 Å². The molecule has 0 atom stereocenters. The first-order valence-electron chi connectivity index (χ1n) is 5.98. The van der Waals surface area contributed by atoms with Gasteiger partial charge in [0.2, 0.25) is 0 Å². The first kappa shape index (κ1) is 15.0. The lowest BCUT2D eigenvalue weighted by Crippen LogP contribution is -2.37. The molecule has 0 aliphatic carbocycles. The highest BCUT2D eigenvalue weighted by Gasteiger charge is 2.19. The molecule has 104 valence electrons. The molecule has 0 unspecified atom stereocenters. The summed E-state index contributed by atoms with van der Waals surface area (Å²) in [6, 6.07) is 2.04. The molecule has 0 heterocycles. The van der Waals surface area contributed by atoms with Gasteiger partial charge in [-0.15, -0.1) is 0 Å². The number of rotatable bonds is 3. The maximum atomic E-state index is 11.5. The van der Waals surface area contributed by atoms with Crippen LogP contribution in [0.2, 0.25) is 0 Å². The zero-order chi connectivity index (χ0) is 14.7. The van der Waals surface area contributed by atoms with E-state index in [0.717, 1.165) is 28.0 Å². The van der Waals surface area contributed by atoms with Gasteiger partial charge in [-0.3, -0.25) is 9.59 Å². The van der Waals surface area contributed by atoms with Gasteiger partial charge in [-0.25, -0.2) is 0 Å². The topological polar surface area (TPSA) is 72.6 Å². The molecule has 19 heavy (non-hydrogen) atoms. The van der Waals surface area contributed by atoms with Gasteiger partial charge >= 0.3 is 11.8 Å². The quantitative estimate of drug-likeness (QED) is 0.830. The molecular formula is C14H20N2O3. The van der Waals surface area contributed by atoms with Gasteiger partial charge in [0.25, 0.3) is 0 Å². The number of hydrogen-bond acceptors (Lipinski definition) is 3. The Morgan fingerprint density at radius 2 is 1.84 bits per heavy atom. The zero-order valence-electron chi connectivity index (χ0n) is 12.0. The Morgan fingerprint density at radius 1 is 1.26 bits per heavy atom. The van der Waals surface area contributed by atoms with Gasteiger partial charge in [-0.1, -0.05) is 6.07 Å². The van der Waals surface area contributed by atoms with Gasteiger partial charge in [0.05, 0.1) is 7.11 Å². The highest BCUT2D eigenvalue weighted by molar-refractivity contribution is 6.34. The number of nitrogens with zero attached hydrogens (tertiary/aromatic N) is 1. The van der Waals surface area contributed by atoms with Gasteiger partial charge in [-0.05, 0) is 37.5 Å². The van der Waals surface area contributed by atoms with Crippen LogP contribution in [0.25, 0.3) is 0 Å². The maximum absolute atomic E-state index is 11.5. The Balaban J connectivity index is 3.17. The molecular weight excluding hydrogens is 244 g/mol. The Morgan fingerprint density at radius 3 is 2.32 bits per heavy atom. The van der Waals surface area contributed by atoms with Crippen LogP contribution < -0.4 is 10.5 Å². The number of nitrogens with two attached hydrogens (primary N) is 1. The van der Waals surface area contributed by atoms with E-state index in [1.165, 1.54) is 4.90 Å². The average molecular weight is 264 g/mol. The van der Waals surface area contributed by atoms with E-state index in [1.807, 2.05) is 26.8 Å². The van der Waals surface area contributed by atoms with Gasteiger partial charge in [0.15, 0.2) is 0 Å². The lowest BCUT2D eigenvalue weighted by atomic mass is 9.98. The smallest absolute Gasteiger partial charge is 0.311 e. The number of primary amides is 1. The number of likely N-dealkylation sites (N-methyl/N-ethyl adjacent to an activating group) is 1. The minimum Gasteiger partial charge on any atom is -0.496 e. The van der Waals surface area contributed by atoms with E-state index in [9.17, 15) is 9.59 Å². The first-order chi connectivity index (χ1) is 8.79. The van der Waals surface area contributed by atoms with Crippen LogP contribution in [0.4, 0.5) is 0 Å². The van der Waals surface area contributed by atoms with Gasteiger partial charge in [-0.2, -0.15) is 0 Å². The molecule has 0 fully saturated rings. The van der Waals surface area contributed by atoms with E-state index in [0.29, 0.717) is 0 Å². The number of ether oxygens (including phenoxy) is 1. The fourth-order valence-electron chi connectivity index (χ4n) is 2.07. The lowest BCUT2D eigenvalue weighted by Gasteiger charge is -2.21. The van der Waals surface area contributed by atoms with Crippen molar-refractivity contribution in [2.75, 3.05) is 14.2 Å². The van der Waals surface area contributed by atoms with E-state index in [1.54, 1.807) is 14.2 Å². The molecule has 0 saturated heterocycles. The van der Waals surface area contributed by atoms with E-state index in [-0.39, 0.29) is 6.54 Å². The van der Waals surface area contributed by atoms with Crippen LogP contribution in [0.5, 0.6) is 5.75 Å². The second-order valence-corrected chi connectivity index (χ2v) is 4.67. The number of methoxy groups -OCH3 is 1. The number of aryl methyl sites for hydroxylation is 2. The number of carbonyl (C=O) groups excluding carboxylic acids is 2. The predicted molar refractivity (Wildman–Crippen MR) is 72.9 cm³/mol. The number of carbonyl (C=O) groups is 2. The fourth-order valence-corrected chi connectivity index (χ4v) is 2.07. The SMILES string of the molecule is COc1c(C)c(C)cc(C)c1CN(C)C(=O)C(N)=O. The molecule has 5 nitrogen and oxygen atoms in total. The molecule has 2 amide bonds. The Labute approximate surface area is 113 Å². The van der Waals surface area contributed by atoms with Crippen LogP contribution in [0, 0.1) is 20.8 Å². The summed E-state index contributed by atoms with van der Waals surface area (Å²) in [7, 11) is 3.14. The average Bonchev–Trinajstić information content (AvgIpc) is 2.35. The Bertz CT molecular complexity index is 524. The number of amides is 2. The molecule has 1 aromatic rings. The lowest BCUT2D eigenvalue weighted by molar-refractivity contribution is -0.143. The summed E-state index contributed by atoms with van der Waals surface area (Å²) in [5, 5.41) is 0. The van der Waals surface area contributed by atoms with E-state index >= 15 is 0 Å². The third-order valence-corrected chi connectivity index (χ3v) is 3.27. The molecule has 1 rings (SSSR count). The van der Waals surface area contributed by atoms with Crippen molar-refractivity contribution in [2.24, 2.45) is 5.73 Å². The summed E-state index contributed by atoms with van der Waals surface area (Å²) in [5.74, 6) is -0.913. The van der Waals surface area contributed by atoms with Crippen LogP contribution in [-0.2, 0) is 16.1 Å². The molecule has 0 aromatic heterocycles. The minimum atomic E-state index is -0.956. The molecule has 0 saturated carbocycles. The van der Waals surface area contributed by atoms with Crippen molar-refractivity contribution in [2.45, 2.75) is 27.3 Å². The van der Waals surface area contributed by atoms with Crippen molar-refractivity contribution < 1.29 is 14.3 Å². The van der Waals surface area contributed by atoms with Crippen LogP contribution in [0.3, 0.4) is 0 Å². The first-order valence-corrected chi connectivity index (χ1v) is 5.98. The number of hydrogen-bond donors (Lipinski definition) is 1. The summed E-state index contributed by atoms with van der Waals surface area (Å²) in [4.78, 5) is 23.7. The summed E-state index contributed by atoms with van der Waals surface area (Å²) in [6.45, 7) is 6.21. The fraction of sp³-hybridized carbons (Fsp3) is 0.429.